The molecule has 2 amide bonds. The fourth-order valence-electron chi connectivity index (χ4n) is 4.59. The van der Waals surface area contributed by atoms with Gasteiger partial charge in [-0.05, 0) is 60.9 Å². The highest BCUT2D eigenvalue weighted by Gasteiger charge is 2.25. The van der Waals surface area contributed by atoms with Crippen LogP contribution in [0.5, 0.6) is 5.75 Å². The Kier molecular flexibility index (Phi) is 9.46. The molecule has 2 heterocycles. The molecule has 8 nitrogen and oxygen atoms in total. The Morgan fingerprint density at radius 2 is 1.82 bits per heavy atom. The fourth-order valence-corrected chi connectivity index (χ4v) is 4.59. The first-order valence-electron chi connectivity index (χ1n) is 13.4. The van der Waals surface area contributed by atoms with Crippen molar-refractivity contribution in [2.24, 2.45) is 5.92 Å². The summed E-state index contributed by atoms with van der Waals surface area (Å²) in [7, 11) is 1.63. The molecule has 39 heavy (non-hydrogen) atoms. The summed E-state index contributed by atoms with van der Waals surface area (Å²) in [5, 5.41) is 8.87. The van der Waals surface area contributed by atoms with Crippen molar-refractivity contribution in [1.29, 1.82) is 0 Å². The Balaban J connectivity index is 1.39. The Hall–Kier alpha value is -4.01. The molecule has 0 radical (unpaired) electrons. The Morgan fingerprint density at radius 1 is 1.03 bits per heavy atom. The van der Waals surface area contributed by atoms with Gasteiger partial charge in [-0.1, -0.05) is 32.4 Å². The van der Waals surface area contributed by atoms with Gasteiger partial charge in [-0.2, -0.15) is 0 Å². The molecule has 206 valence electrons. The van der Waals surface area contributed by atoms with Crippen LogP contribution in [0.4, 0.5) is 10.2 Å². The van der Waals surface area contributed by atoms with Crippen LogP contribution in [0.2, 0.25) is 0 Å². The van der Waals surface area contributed by atoms with Crippen molar-refractivity contribution >= 4 is 17.6 Å². The number of methoxy groups -OCH3 is 1. The van der Waals surface area contributed by atoms with Gasteiger partial charge in [-0.3, -0.25) is 9.59 Å². The third-order valence-electron chi connectivity index (χ3n) is 7.12. The largest absolute Gasteiger partial charge is 0.497 e. The monoisotopic (exact) mass is 533 g/mol. The average Bonchev–Trinajstić information content (AvgIpc) is 3.23. The van der Waals surface area contributed by atoms with E-state index in [0.29, 0.717) is 31.7 Å². The van der Waals surface area contributed by atoms with E-state index in [2.05, 4.69) is 28.9 Å². The van der Waals surface area contributed by atoms with Gasteiger partial charge in [0.25, 0.3) is 5.91 Å². The summed E-state index contributed by atoms with van der Waals surface area (Å²) in [5.41, 5.74) is 2.07. The Morgan fingerprint density at radius 3 is 2.51 bits per heavy atom. The first-order chi connectivity index (χ1) is 18.9. The van der Waals surface area contributed by atoms with Gasteiger partial charge in [-0.25, -0.2) is 4.39 Å². The van der Waals surface area contributed by atoms with E-state index in [1.54, 1.807) is 12.0 Å². The van der Waals surface area contributed by atoms with Crippen LogP contribution in [-0.4, -0.2) is 78.2 Å². The number of nitrogens with zero attached hydrogens (tertiary/aromatic N) is 5. The SMILES string of the molecule is CCC(C)CN(CC(=O)N1CCCN(c2ccc(-c3cccc(OC)c3)nn2)CC1)C(=O)c1ccc(F)cc1. The number of rotatable bonds is 9. The molecule has 0 N–H and O–H groups in total. The van der Waals surface area contributed by atoms with Crippen LogP contribution in [0.25, 0.3) is 11.3 Å². The number of aromatic nitrogens is 2. The van der Waals surface area contributed by atoms with E-state index >= 15 is 0 Å². The van der Waals surface area contributed by atoms with Crippen LogP contribution in [0.1, 0.15) is 37.0 Å². The summed E-state index contributed by atoms with van der Waals surface area (Å²) in [5.74, 6) is 1.02. The number of carbonyl (C=O) groups is 2. The molecule has 1 saturated heterocycles. The quantitative estimate of drug-likeness (QED) is 0.403. The predicted octanol–water partition coefficient (Wildman–Crippen LogP) is 4.52. The van der Waals surface area contributed by atoms with Crippen molar-refractivity contribution in [1.82, 2.24) is 20.0 Å². The van der Waals surface area contributed by atoms with Gasteiger partial charge in [-0.15, -0.1) is 10.2 Å². The summed E-state index contributed by atoms with van der Waals surface area (Å²) in [4.78, 5) is 32.1. The van der Waals surface area contributed by atoms with E-state index in [1.807, 2.05) is 41.3 Å². The molecular formula is C30H36FN5O3. The zero-order valence-electron chi connectivity index (χ0n) is 22.8. The first kappa shape index (κ1) is 28.0. The molecular weight excluding hydrogens is 497 g/mol. The lowest BCUT2D eigenvalue weighted by molar-refractivity contribution is -0.131. The second kappa shape index (κ2) is 13.2. The molecule has 0 aliphatic carbocycles. The first-order valence-corrected chi connectivity index (χ1v) is 13.4. The number of ether oxygens (including phenoxy) is 1. The van der Waals surface area contributed by atoms with Gasteiger partial charge in [0.15, 0.2) is 5.82 Å². The van der Waals surface area contributed by atoms with Crippen molar-refractivity contribution in [3.63, 3.8) is 0 Å². The molecule has 1 aromatic heterocycles. The smallest absolute Gasteiger partial charge is 0.254 e. The normalized spacial score (nSPS) is 14.5. The topological polar surface area (TPSA) is 78.9 Å². The minimum absolute atomic E-state index is 0.00437. The molecule has 3 aromatic rings. The highest BCUT2D eigenvalue weighted by atomic mass is 19.1. The fraction of sp³-hybridized carbons (Fsp3) is 0.400. The molecule has 1 atom stereocenters. The molecule has 0 bridgehead atoms. The van der Waals surface area contributed by atoms with Crippen LogP contribution >= 0.6 is 0 Å². The summed E-state index contributed by atoms with van der Waals surface area (Å²) in [6.45, 7) is 7.08. The van der Waals surface area contributed by atoms with Crippen LogP contribution in [0.15, 0.2) is 60.7 Å². The number of halogens is 1. The number of hydrogen-bond donors (Lipinski definition) is 0. The maximum Gasteiger partial charge on any atom is 0.254 e. The lowest BCUT2D eigenvalue weighted by atomic mass is 10.1. The minimum Gasteiger partial charge on any atom is -0.497 e. The van der Waals surface area contributed by atoms with Gasteiger partial charge in [0.05, 0.1) is 12.8 Å². The number of hydrogen-bond acceptors (Lipinski definition) is 6. The standard InChI is InChI=1S/C30H36FN5O3/c1-4-22(2)20-36(30(38)23-9-11-25(31)12-10-23)21-29(37)35-16-6-15-34(17-18-35)28-14-13-27(32-33-28)24-7-5-8-26(19-24)39-3/h5,7-14,19,22H,4,6,15-18,20-21H2,1-3H3. The molecule has 9 heteroatoms. The van der Waals surface area contributed by atoms with Gasteiger partial charge >= 0.3 is 0 Å². The molecule has 0 saturated carbocycles. The molecule has 1 aliphatic rings. The number of benzene rings is 2. The zero-order chi connectivity index (χ0) is 27.8. The maximum atomic E-state index is 13.4. The second-order valence-corrected chi connectivity index (χ2v) is 9.94. The minimum atomic E-state index is -0.398. The van der Waals surface area contributed by atoms with Crippen LogP contribution in [0.3, 0.4) is 0 Å². The second-order valence-electron chi connectivity index (χ2n) is 9.94. The predicted molar refractivity (Wildman–Crippen MR) is 149 cm³/mol. The molecule has 2 aromatic carbocycles. The van der Waals surface area contributed by atoms with E-state index in [9.17, 15) is 14.0 Å². The number of amides is 2. The van der Waals surface area contributed by atoms with Gasteiger partial charge < -0.3 is 19.4 Å². The third kappa shape index (κ3) is 7.31. The van der Waals surface area contributed by atoms with Crippen molar-refractivity contribution in [3.05, 3.63) is 72.0 Å². The molecule has 1 fully saturated rings. The van der Waals surface area contributed by atoms with Crippen LogP contribution < -0.4 is 9.64 Å². The van der Waals surface area contributed by atoms with E-state index in [0.717, 1.165) is 42.2 Å². The van der Waals surface area contributed by atoms with E-state index in [1.165, 1.54) is 24.3 Å². The molecule has 1 aliphatic heterocycles. The van der Waals surface area contributed by atoms with Gasteiger partial charge in [0.2, 0.25) is 5.91 Å². The highest BCUT2D eigenvalue weighted by molar-refractivity contribution is 5.96. The molecule has 0 spiro atoms. The number of anilines is 1. The highest BCUT2D eigenvalue weighted by Crippen LogP contribution is 2.23. The van der Waals surface area contributed by atoms with E-state index in [-0.39, 0.29) is 24.3 Å². The van der Waals surface area contributed by atoms with E-state index in [4.69, 9.17) is 4.74 Å². The number of carbonyl (C=O) groups excluding carboxylic acids is 2. The van der Waals surface area contributed by atoms with E-state index < -0.39 is 5.82 Å². The third-order valence-corrected chi connectivity index (χ3v) is 7.12. The lowest BCUT2D eigenvalue weighted by Crippen LogP contribution is -2.45. The van der Waals surface area contributed by atoms with Gasteiger partial charge in [0, 0.05) is 43.9 Å². The average molecular weight is 534 g/mol. The van der Waals surface area contributed by atoms with Crippen molar-refractivity contribution in [2.75, 3.05) is 51.3 Å². The van der Waals surface area contributed by atoms with Crippen molar-refractivity contribution in [3.8, 4) is 17.0 Å². The van der Waals surface area contributed by atoms with Crippen LogP contribution in [-0.2, 0) is 4.79 Å². The Labute approximate surface area is 229 Å². The maximum absolute atomic E-state index is 13.4. The summed E-state index contributed by atoms with van der Waals surface area (Å²) >= 11 is 0. The Bertz CT molecular complexity index is 1250. The zero-order valence-corrected chi connectivity index (χ0v) is 22.8. The van der Waals surface area contributed by atoms with Crippen molar-refractivity contribution in [2.45, 2.75) is 26.7 Å². The summed E-state index contributed by atoms with van der Waals surface area (Å²) in [6.07, 6.45) is 1.67. The van der Waals surface area contributed by atoms with Crippen molar-refractivity contribution < 1.29 is 18.7 Å². The molecule has 1 unspecified atom stereocenters. The van der Waals surface area contributed by atoms with Gasteiger partial charge in [0.1, 0.15) is 18.1 Å². The summed E-state index contributed by atoms with van der Waals surface area (Å²) in [6, 6.07) is 17.1. The summed E-state index contributed by atoms with van der Waals surface area (Å²) < 4.78 is 18.7. The molecule has 4 rings (SSSR count). The van der Waals surface area contributed by atoms with Crippen LogP contribution in [0, 0.1) is 11.7 Å². The lowest BCUT2D eigenvalue weighted by Gasteiger charge is -2.29.